The van der Waals surface area contributed by atoms with Gasteiger partial charge < -0.3 is 10.2 Å². The average Bonchev–Trinajstić information content (AvgIpc) is 2.73. The lowest BCUT2D eigenvalue weighted by molar-refractivity contribution is -0.137. The van der Waals surface area contributed by atoms with E-state index in [1.54, 1.807) is 12.1 Å². The molecule has 0 spiro atoms. The molecule has 7 heteroatoms. The molecule has 2 heterocycles. The van der Waals surface area contributed by atoms with Gasteiger partial charge in [-0.15, -0.1) is 0 Å². The smallest absolute Gasteiger partial charge is 0.352 e. The lowest BCUT2D eigenvalue weighted by Gasteiger charge is -2.29. The van der Waals surface area contributed by atoms with E-state index in [0.717, 1.165) is 37.5 Å². The molecule has 1 aliphatic rings. The summed E-state index contributed by atoms with van der Waals surface area (Å²) in [6.07, 6.45) is -2.09. The fourth-order valence-electron chi connectivity index (χ4n) is 3.38. The van der Waals surface area contributed by atoms with Gasteiger partial charge in [-0.3, -0.25) is 4.79 Å². The van der Waals surface area contributed by atoms with Gasteiger partial charge in [-0.1, -0.05) is 30.3 Å². The van der Waals surface area contributed by atoms with Crippen LogP contribution in [0.3, 0.4) is 0 Å². The van der Waals surface area contributed by atoms with Crippen molar-refractivity contribution in [2.24, 2.45) is 0 Å². The number of aromatic nitrogens is 1. The van der Waals surface area contributed by atoms with Crippen molar-refractivity contribution in [1.82, 2.24) is 4.98 Å². The Morgan fingerprint density at radius 3 is 2.52 bits per heavy atom. The second-order valence-corrected chi connectivity index (χ2v) is 6.88. The molecular formula is C22H18F3N3O. The van der Waals surface area contributed by atoms with Crippen molar-refractivity contribution in [3.8, 4) is 0 Å². The summed E-state index contributed by atoms with van der Waals surface area (Å²) in [5.74, 6) is 0.252. The molecule has 0 saturated heterocycles. The fourth-order valence-corrected chi connectivity index (χ4v) is 3.38. The van der Waals surface area contributed by atoms with Crippen LogP contribution in [-0.2, 0) is 19.1 Å². The van der Waals surface area contributed by atoms with Crippen molar-refractivity contribution < 1.29 is 18.0 Å². The van der Waals surface area contributed by atoms with Crippen molar-refractivity contribution in [2.45, 2.75) is 19.1 Å². The second kappa shape index (κ2) is 7.58. The molecule has 4 rings (SSSR count). The molecule has 148 valence electrons. The number of amides is 1. The van der Waals surface area contributed by atoms with Gasteiger partial charge in [0.15, 0.2) is 0 Å². The van der Waals surface area contributed by atoms with E-state index in [9.17, 15) is 18.0 Å². The van der Waals surface area contributed by atoms with Gasteiger partial charge in [0.2, 0.25) is 0 Å². The maximum Gasteiger partial charge on any atom is 0.416 e. The van der Waals surface area contributed by atoms with Crippen molar-refractivity contribution in [1.29, 1.82) is 0 Å². The molecule has 1 N–H and O–H groups in total. The molecule has 2 aromatic carbocycles. The molecule has 29 heavy (non-hydrogen) atoms. The Bertz CT molecular complexity index is 1030. The van der Waals surface area contributed by atoms with E-state index in [2.05, 4.69) is 27.3 Å². The van der Waals surface area contributed by atoms with Crippen LogP contribution >= 0.6 is 0 Å². The molecule has 3 aromatic rings. The SMILES string of the molecule is O=C(Nc1cccc(C(F)(F)F)c1)c1ccc(N2CCc3ccccc3C2)nc1. The van der Waals surface area contributed by atoms with E-state index in [1.165, 1.54) is 29.5 Å². The van der Waals surface area contributed by atoms with E-state index in [4.69, 9.17) is 0 Å². The number of anilines is 2. The van der Waals surface area contributed by atoms with Crippen LogP contribution < -0.4 is 10.2 Å². The number of fused-ring (bicyclic) bond motifs is 1. The average molecular weight is 397 g/mol. The summed E-state index contributed by atoms with van der Waals surface area (Å²) in [6, 6.07) is 16.2. The van der Waals surface area contributed by atoms with Crippen LogP contribution in [0.4, 0.5) is 24.7 Å². The highest BCUT2D eigenvalue weighted by Gasteiger charge is 2.30. The van der Waals surface area contributed by atoms with Crippen molar-refractivity contribution in [3.63, 3.8) is 0 Å². The minimum Gasteiger partial charge on any atom is -0.352 e. The Labute approximate surface area is 166 Å². The second-order valence-electron chi connectivity index (χ2n) is 6.88. The predicted octanol–water partition coefficient (Wildman–Crippen LogP) is 4.92. The quantitative estimate of drug-likeness (QED) is 0.683. The number of carbonyl (C=O) groups is 1. The first-order valence-electron chi connectivity index (χ1n) is 9.16. The molecule has 0 radical (unpaired) electrons. The summed E-state index contributed by atoms with van der Waals surface area (Å²) in [4.78, 5) is 18.9. The maximum atomic E-state index is 12.8. The zero-order valence-corrected chi connectivity index (χ0v) is 15.4. The number of carbonyl (C=O) groups excluding carboxylic acids is 1. The Hall–Kier alpha value is -3.35. The molecule has 0 aliphatic carbocycles. The van der Waals surface area contributed by atoms with Gasteiger partial charge in [-0.2, -0.15) is 13.2 Å². The lowest BCUT2D eigenvalue weighted by atomic mass is 10.00. The first-order valence-corrected chi connectivity index (χ1v) is 9.16. The standard InChI is InChI=1S/C22H18F3N3O/c23-22(24,25)18-6-3-7-19(12-18)27-21(29)16-8-9-20(26-13-16)28-11-10-15-4-1-2-5-17(15)14-28/h1-9,12-13H,10-11,14H2,(H,27,29). The number of nitrogens with zero attached hydrogens (tertiary/aromatic N) is 2. The zero-order valence-electron chi connectivity index (χ0n) is 15.4. The fraction of sp³-hybridized carbons (Fsp3) is 0.182. The van der Waals surface area contributed by atoms with Crippen LogP contribution in [0.5, 0.6) is 0 Å². The van der Waals surface area contributed by atoms with Gasteiger partial charge in [-0.05, 0) is 47.9 Å². The highest BCUT2D eigenvalue weighted by molar-refractivity contribution is 6.04. The highest BCUT2D eigenvalue weighted by atomic mass is 19.4. The van der Waals surface area contributed by atoms with Crippen LogP contribution in [0.2, 0.25) is 0 Å². The first-order chi connectivity index (χ1) is 13.9. The third-order valence-electron chi connectivity index (χ3n) is 4.91. The van der Waals surface area contributed by atoms with E-state index in [0.29, 0.717) is 0 Å². The molecule has 1 aliphatic heterocycles. The van der Waals surface area contributed by atoms with Crippen LogP contribution in [0.15, 0.2) is 66.9 Å². The minimum atomic E-state index is -4.46. The van der Waals surface area contributed by atoms with Crippen molar-refractivity contribution >= 4 is 17.4 Å². The predicted molar refractivity (Wildman–Crippen MR) is 105 cm³/mol. The van der Waals surface area contributed by atoms with Gasteiger partial charge >= 0.3 is 6.18 Å². The van der Waals surface area contributed by atoms with Crippen LogP contribution in [-0.4, -0.2) is 17.4 Å². The number of halogens is 3. The molecule has 1 amide bonds. The van der Waals surface area contributed by atoms with Crippen molar-refractivity contribution in [3.05, 3.63) is 89.1 Å². The van der Waals surface area contributed by atoms with Crippen LogP contribution in [0.1, 0.15) is 27.0 Å². The highest BCUT2D eigenvalue weighted by Crippen LogP contribution is 2.30. The summed E-state index contributed by atoms with van der Waals surface area (Å²) in [5, 5.41) is 2.49. The topological polar surface area (TPSA) is 45.2 Å². The van der Waals surface area contributed by atoms with Gasteiger partial charge in [0.1, 0.15) is 5.82 Å². The summed E-state index contributed by atoms with van der Waals surface area (Å²) in [7, 11) is 0. The summed E-state index contributed by atoms with van der Waals surface area (Å²) < 4.78 is 38.4. The zero-order chi connectivity index (χ0) is 20.4. The molecule has 0 unspecified atom stereocenters. The molecule has 1 aromatic heterocycles. The van der Waals surface area contributed by atoms with E-state index >= 15 is 0 Å². The first kappa shape index (κ1) is 19.0. The summed E-state index contributed by atoms with van der Waals surface area (Å²) >= 11 is 0. The third kappa shape index (κ3) is 4.23. The maximum absolute atomic E-state index is 12.8. The monoisotopic (exact) mass is 397 g/mol. The number of rotatable bonds is 3. The number of pyridine rings is 1. The number of hydrogen-bond donors (Lipinski definition) is 1. The Balaban J connectivity index is 1.45. The molecular weight excluding hydrogens is 379 g/mol. The molecule has 4 nitrogen and oxygen atoms in total. The van der Waals surface area contributed by atoms with Crippen LogP contribution in [0.25, 0.3) is 0 Å². The van der Waals surface area contributed by atoms with Crippen molar-refractivity contribution in [2.75, 3.05) is 16.8 Å². The molecule has 0 fully saturated rings. The van der Waals surface area contributed by atoms with Gasteiger partial charge in [0, 0.05) is 25.0 Å². The number of benzene rings is 2. The molecule has 0 atom stereocenters. The Morgan fingerprint density at radius 1 is 1.00 bits per heavy atom. The molecule has 0 saturated carbocycles. The number of hydrogen-bond acceptors (Lipinski definition) is 3. The number of nitrogens with one attached hydrogen (secondary N) is 1. The van der Waals surface area contributed by atoms with Crippen LogP contribution in [0, 0.1) is 0 Å². The number of alkyl halides is 3. The van der Waals surface area contributed by atoms with E-state index < -0.39 is 17.6 Å². The Kier molecular flexibility index (Phi) is 4.96. The Morgan fingerprint density at radius 2 is 1.79 bits per heavy atom. The van der Waals surface area contributed by atoms with Gasteiger partial charge in [-0.25, -0.2) is 4.98 Å². The largest absolute Gasteiger partial charge is 0.416 e. The van der Waals surface area contributed by atoms with E-state index in [-0.39, 0.29) is 11.3 Å². The minimum absolute atomic E-state index is 0.0848. The summed E-state index contributed by atoms with van der Waals surface area (Å²) in [5.41, 5.74) is 2.15. The summed E-state index contributed by atoms with van der Waals surface area (Å²) in [6.45, 7) is 1.58. The van der Waals surface area contributed by atoms with E-state index in [1.807, 2.05) is 12.1 Å². The third-order valence-corrected chi connectivity index (χ3v) is 4.91. The van der Waals surface area contributed by atoms with Gasteiger partial charge in [0.25, 0.3) is 5.91 Å². The lowest BCUT2D eigenvalue weighted by Crippen LogP contribution is -2.31. The molecule has 0 bridgehead atoms. The van der Waals surface area contributed by atoms with Gasteiger partial charge in [0.05, 0.1) is 11.1 Å². The normalized spacial score (nSPS) is 13.7.